The molecule has 0 bridgehead atoms. The first-order chi connectivity index (χ1) is 7.26. The summed E-state index contributed by atoms with van der Waals surface area (Å²) in [6.07, 6.45) is 4.39. The fraction of sp³-hybridized carbons (Fsp3) is 0.538. The van der Waals surface area contributed by atoms with Crippen molar-refractivity contribution < 1.29 is 0 Å². The molecular formula is C13H16BrN. The molecule has 0 radical (unpaired) electrons. The molecule has 2 heteroatoms. The van der Waals surface area contributed by atoms with Crippen molar-refractivity contribution in [3.05, 3.63) is 34.3 Å². The molecule has 1 saturated heterocycles. The lowest BCUT2D eigenvalue weighted by Crippen LogP contribution is -2.20. The van der Waals surface area contributed by atoms with Gasteiger partial charge in [0.15, 0.2) is 0 Å². The lowest BCUT2D eigenvalue weighted by molar-refractivity contribution is 0.312. The topological polar surface area (TPSA) is 3.24 Å². The maximum atomic E-state index is 3.47. The van der Waals surface area contributed by atoms with Crippen LogP contribution < -0.4 is 0 Å². The van der Waals surface area contributed by atoms with Crippen molar-refractivity contribution in [3.8, 4) is 0 Å². The van der Waals surface area contributed by atoms with Gasteiger partial charge in [-0.15, -0.1) is 0 Å². The largest absolute Gasteiger partial charge is 0.299 e. The summed E-state index contributed by atoms with van der Waals surface area (Å²) in [7, 11) is 0. The van der Waals surface area contributed by atoms with Crippen LogP contribution in [0.25, 0.3) is 0 Å². The Morgan fingerprint density at radius 2 is 1.87 bits per heavy atom. The molecule has 0 N–H and O–H groups in total. The summed E-state index contributed by atoms with van der Waals surface area (Å²) in [5.41, 5.74) is 2.20. The standard InChI is InChI=1S/C13H16BrN/c14-12-3-1-11(2-4-12)9-15-8-7-13(10-15)5-6-13/h1-4H,5-10H2. The van der Waals surface area contributed by atoms with Gasteiger partial charge in [-0.1, -0.05) is 28.1 Å². The van der Waals surface area contributed by atoms with Crippen LogP contribution in [0.2, 0.25) is 0 Å². The maximum absolute atomic E-state index is 3.47. The van der Waals surface area contributed by atoms with E-state index in [2.05, 4.69) is 45.1 Å². The van der Waals surface area contributed by atoms with Gasteiger partial charge < -0.3 is 0 Å². The quantitative estimate of drug-likeness (QED) is 0.792. The van der Waals surface area contributed by atoms with E-state index in [1.54, 1.807) is 0 Å². The highest BCUT2D eigenvalue weighted by Gasteiger charge is 2.47. The Balaban J connectivity index is 1.63. The van der Waals surface area contributed by atoms with Gasteiger partial charge in [-0.2, -0.15) is 0 Å². The predicted molar refractivity (Wildman–Crippen MR) is 65.7 cm³/mol. The third-order valence-corrected chi connectivity index (χ3v) is 4.32. The minimum atomic E-state index is 0.759. The molecule has 1 heterocycles. The minimum absolute atomic E-state index is 0.759. The number of hydrogen-bond acceptors (Lipinski definition) is 1. The zero-order chi connectivity index (χ0) is 10.3. The van der Waals surface area contributed by atoms with Gasteiger partial charge in [0.2, 0.25) is 0 Å². The number of likely N-dealkylation sites (tertiary alicyclic amines) is 1. The molecular weight excluding hydrogens is 250 g/mol. The van der Waals surface area contributed by atoms with Crippen molar-refractivity contribution in [3.63, 3.8) is 0 Å². The number of hydrogen-bond donors (Lipinski definition) is 0. The first-order valence-electron chi connectivity index (χ1n) is 5.73. The zero-order valence-electron chi connectivity index (χ0n) is 8.88. The monoisotopic (exact) mass is 265 g/mol. The number of benzene rings is 1. The van der Waals surface area contributed by atoms with E-state index in [-0.39, 0.29) is 0 Å². The predicted octanol–water partition coefficient (Wildman–Crippen LogP) is 3.44. The van der Waals surface area contributed by atoms with E-state index in [9.17, 15) is 0 Å². The Morgan fingerprint density at radius 3 is 2.47 bits per heavy atom. The normalized spacial score (nSPS) is 23.5. The van der Waals surface area contributed by atoms with E-state index >= 15 is 0 Å². The van der Waals surface area contributed by atoms with Crippen molar-refractivity contribution in [2.24, 2.45) is 5.41 Å². The lowest BCUT2D eigenvalue weighted by Gasteiger charge is -2.15. The van der Waals surface area contributed by atoms with E-state index in [0.717, 1.165) is 12.0 Å². The molecule has 0 unspecified atom stereocenters. The van der Waals surface area contributed by atoms with Crippen LogP contribution >= 0.6 is 15.9 Å². The third kappa shape index (κ3) is 2.11. The average Bonchev–Trinajstić information content (AvgIpc) is 2.86. The zero-order valence-corrected chi connectivity index (χ0v) is 10.5. The van der Waals surface area contributed by atoms with E-state index in [0.29, 0.717) is 0 Å². The molecule has 1 spiro atoms. The molecule has 3 rings (SSSR count). The van der Waals surface area contributed by atoms with Gasteiger partial charge in [-0.25, -0.2) is 0 Å². The summed E-state index contributed by atoms with van der Waals surface area (Å²) in [5.74, 6) is 0. The van der Waals surface area contributed by atoms with Crippen LogP contribution in [0.15, 0.2) is 28.7 Å². The van der Waals surface area contributed by atoms with Crippen molar-refractivity contribution in [2.75, 3.05) is 13.1 Å². The molecule has 2 fully saturated rings. The van der Waals surface area contributed by atoms with Crippen LogP contribution in [-0.2, 0) is 6.54 Å². The summed E-state index contributed by atoms with van der Waals surface area (Å²) in [6, 6.07) is 8.72. The molecule has 0 atom stereocenters. The van der Waals surface area contributed by atoms with Crippen molar-refractivity contribution in [1.82, 2.24) is 4.90 Å². The second-order valence-corrected chi connectivity index (χ2v) is 6.00. The van der Waals surface area contributed by atoms with Gasteiger partial charge >= 0.3 is 0 Å². The molecule has 1 aliphatic carbocycles. The Labute approximate surface area is 99.6 Å². The second-order valence-electron chi connectivity index (χ2n) is 5.09. The Kier molecular flexibility index (Phi) is 2.37. The van der Waals surface area contributed by atoms with Gasteiger partial charge in [0.25, 0.3) is 0 Å². The van der Waals surface area contributed by atoms with Crippen LogP contribution in [0, 0.1) is 5.41 Å². The molecule has 1 saturated carbocycles. The minimum Gasteiger partial charge on any atom is -0.299 e. The second kappa shape index (κ2) is 3.60. The summed E-state index contributed by atoms with van der Waals surface area (Å²) in [4.78, 5) is 2.61. The molecule has 2 aliphatic rings. The molecule has 1 nitrogen and oxygen atoms in total. The molecule has 1 aliphatic heterocycles. The molecule has 15 heavy (non-hydrogen) atoms. The van der Waals surface area contributed by atoms with Gasteiger partial charge in [0.05, 0.1) is 0 Å². The van der Waals surface area contributed by atoms with Gasteiger partial charge in [-0.3, -0.25) is 4.90 Å². The maximum Gasteiger partial charge on any atom is 0.0233 e. The summed E-state index contributed by atoms with van der Waals surface area (Å²) in [5, 5.41) is 0. The van der Waals surface area contributed by atoms with E-state index in [4.69, 9.17) is 0 Å². The van der Waals surface area contributed by atoms with Crippen LogP contribution in [-0.4, -0.2) is 18.0 Å². The average molecular weight is 266 g/mol. The van der Waals surface area contributed by atoms with Crippen LogP contribution in [0.5, 0.6) is 0 Å². The summed E-state index contributed by atoms with van der Waals surface area (Å²) < 4.78 is 1.17. The van der Waals surface area contributed by atoms with Crippen molar-refractivity contribution in [1.29, 1.82) is 0 Å². The van der Waals surface area contributed by atoms with E-state index in [1.807, 2.05) is 0 Å². The summed E-state index contributed by atoms with van der Waals surface area (Å²) >= 11 is 3.47. The number of rotatable bonds is 2. The van der Waals surface area contributed by atoms with E-state index < -0.39 is 0 Å². The third-order valence-electron chi connectivity index (χ3n) is 3.79. The Morgan fingerprint density at radius 1 is 1.13 bits per heavy atom. The van der Waals surface area contributed by atoms with Gasteiger partial charge in [-0.05, 0) is 48.9 Å². The SMILES string of the molecule is Brc1ccc(CN2CCC3(CC3)C2)cc1. The molecule has 1 aromatic carbocycles. The number of halogens is 1. The first-order valence-corrected chi connectivity index (χ1v) is 6.52. The van der Waals surface area contributed by atoms with E-state index in [1.165, 1.54) is 42.4 Å². The molecule has 1 aromatic rings. The molecule has 0 amide bonds. The lowest BCUT2D eigenvalue weighted by atomic mass is 10.1. The smallest absolute Gasteiger partial charge is 0.0233 e. The summed E-state index contributed by atoms with van der Waals surface area (Å²) in [6.45, 7) is 3.77. The fourth-order valence-electron chi connectivity index (χ4n) is 2.60. The Bertz CT molecular complexity index is 353. The van der Waals surface area contributed by atoms with Crippen LogP contribution in [0.1, 0.15) is 24.8 Å². The van der Waals surface area contributed by atoms with Crippen molar-refractivity contribution >= 4 is 15.9 Å². The molecule has 0 aromatic heterocycles. The molecule has 80 valence electrons. The highest BCUT2D eigenvalue weighted by Crippen LogP contribution is 2.52. The highest BCUT2D eigenvalue weighted by molar-refractivity contribution is 9.10. The van der Waals surface area contributed by atoms with Gasteiger partial charge in [0, 0.05) is 17.6 Å². The van der Waals surface area contributed by atoms with Crippen LogP contribution in [0.3, 0.4) is 0 Å². The first kappa shape index (κ1) is 9.86. The van der Waals surface area contributed by atoms with Gasteiger partial charge in [0.1, 0.15) is 0 Å². The highest BCUT2D eigenvalue weighted by atomic mass is 79.9. The van der Waals surface area contributed by atoms with Crippen LogP contribution in [0.4, 0.5) is 0 Å². The number of nitrogens with zero attached hydrogens (tertiary/aromatic N) is 1. The Hall–Kier alpha value is -0.340. The van der Waals surface area contributed by atoms with Crippen molar-refractivity contribution in [2.45, 2.75) is 25.8 Å². The fourth-order valence-corrected chi connectivity index (χ4v) is 2.86.